The Labute approximate surface area is 139 Å². The number of nitrogens with zero attached hydrogens (tertiary/aromatic N) is 1. The van der Waals surface area contributed by atoms with Crippen LogP contribution in [0.3, 0.4) is 0 Å². The standard InChI is InChI=1S/C15H20BrNO4S/c1-15(2,3)21-14(18)13-5-4-10-17(13)22(19,20)12-8-6-11(16)7-9-12/h6-9,13H,4-5,10H2,1-3H3/t13-/m1/s1. The minimum Gasteiger partial charge on any atom is -0.459 e. The molecular weight excluding hydrogens is 370 g/mol. The maximum atomic E-state index is 12.7. The highest BCUT2D eigenvalue weighted by atomic mass is 79.9. The summed E-state index contributed by atoms with van der Waals surface area (Å²) < 4.78 is 32.9. The molecular formula is C15H20BrNO4S. The molecule has 1 aromatic rings. The smallest absolute Gasteiger partial charge is 0.324 e. The fourth-order valence-corrected chi connectivity index (χ4v) is 4.29. The molecule has 0 bridgehead atoms. The van der Waals surface area contributed by atoms with E-state index in [1.807, 2.05) is 0 Å². The van der Waals surface area contributed by atoms with E-state index in [0.717, 1.165) is 4.47 Å². The lowest BCUT2D eigenvalue weighted by Crippen LogP contribution is -2.43. The minimum absolute atomic E-state index is 0.186. The number of sulfonamides is 1. The summed E-state index contributed by atoms with van der Waals surface area (Å²) in [6.07, 6.45) is 1.14. The first-order valence-corrected chi connectivity index (χ1v) is 9.35. The molecule has 0 unspecified atom stereocenters. The van der Waals surface area contributed by atoms with Crippen LogP contribution < -0.4 is 0 Å². The molecule has 2 rings (SSSR count). The van der Waals surface area contributed by atoms with E-state index in [0.29, 0.717) is 19.4 Å². The summed E-state index contributed by atoms with van der Waals surface area (Å²) >= 11 is 3.28. The lowest BCUT2D eigenvalue weighted by atomic mass is 10.2. The van der Waals surface area contributed by atoms with Gasteiger partial charge in [0.05, 0.1) is 4.90 Å². The predicted molar refractivity (Wildman–Crippen MR) is 86.9 cm³/mol. The van der Waals surface area contributed by atoms with Gasteiger partial charge in [-0.3, -0.25) is 4.79 Å². The van der Waals surface area contributed by atoms with Crippen LogP contribution in [0.2, 0.25) is 0 Å². The van der Waals surface area contributed by atoms with E-state index in [1.54, 1.807) is 32.9 Å². The largest absolute Gasteiger partial charge is 0.459 e. The monoisotopic (exact) mass is 389 g/mol. The molecule has 1 saturated heterocycles. The number of esters is 1. The average molecular weight is 390 g/mol. The summed E-state index contributed by atoms with van der Waals surface area (Å²) in [4.78, 5) is 12.5. The van der Waals surface area contributed by atoms with Crippen molar-refractivity contribution in [2.75, 3.05) is 6.54 Å². The normalized spacial score (nSPS) is 20.1. The van der Waals surface area contributed by atoms with E-state index in [9.17, 15) is 13.2 Å². The Bertz CT molecular complexity index is 649. The molecule has 0 amide bonds. The van der Waals surface area contributed by atoms with Gasteiger partial charge in [0.25, 0.3) is 0 Å². The molecule has 7 heteroatoms. The van der Waals surface area contributed by atoms with Crippen molar-refractivity contribution in [3.63, 3.8) is 0 Å². The molecule has 1 aliphatic heterocycles. The van der Waals surface area contributed by atoms with Gasteiger partial charge in [-0.15, -0.1) is 0 Å². The van der Waals surface area contributed by atoms with E-state index in [4.69, 9.17) is 4.74 Å². The SMILES string of the molecule is CC(C)(C)OC(=O)[C@H]1CCCN1S(=O)(=O)c1ccc(Br)cc1. The van der Waals surface area contributed by atoms with E-state index in [2.05, 4.69) is 15.9 Å². The van der Waals surface area contributed by atoms with Crippen molar-refractivity contribution < 1.29 is 17.9 Å². The van der Waals surface area contributed by atoms with Gasteiger partial charge >= 0.3 is 5.97 Å². The van der Waals surface area contributed by atoms with Crippen LogP contribution >= 0.6 is 15.9 Å². The van der Waals surface area contributed by atoms with Crippen molar-refractivity contribution >= 4 is 31.9 Å². The number of benzene rings is 1. The number of hydrogen-bond donors (Lipinski definition) is 0. The molecule has 5 nitrogen and oxygen atoms in total. The fourth-order valence-electron chi connectivity index (χ4n) is 2.38. The molecule has 1 heterocycles. The van der Waals surface area contributed by atoms with Crippen LogP contribution in [0.15, 0.2) is 33.6 Å². The zero-order valence-electron chi connectivity index (χ0n) is 12.9. The predicted octanol–water partition coefficient (Wildman–Crippen LogP) is 2.94. The maximum absolute atomic E-state index is 12.7. The van der Waals surface area contributed by atoms with Crippen molar-refractivity contribution in [2.24, 2.45) is 0 Å². The molecule has 0 spiro atoms. The Hall–Kier alpha value is -0.920. The molecule has 0 radical (unpaired) electrons. The highest BCUT2D eigenvalue weighted by Crippen LogP contribution is 2.28. The molecule has 0 aromatic heterocycles. The molecule has 1 atom stereocenters. The van der Waals surface area contributed by atoms with Gasteiger partial charge in [-0.2, -0.15) is 4.31 Å². The summed E-state index contributed by atoms with van der Waals surface area (Å²) in [5, 5.41) is 0. The molecule has 1 aromatic carbocycles. The quantitative estimate of drug-likeness (QED) is 0.745. The number of carbonyl (C=O) groups is 1. The summed E-state index contributed by atoms with van der Waals surface area (Å²) in [6, 6.07) is 5.66. The van der Waals surface area contributed by atoms with Crippen LogP contribution in [-0.2, 0) is 19.6 Å². The number of ether oxygens (including phenoxy) is 1. The number of carbonyl (C=O) groups excluding carboxylic acids is 1. The Morgan fingerprint density at radius 2 is 1.86 bits per heavy atom. The highest BCUT2D eigenvalue weighted by molar-refractivity contribution is 9.10. The molecule has 122 valence electrons. The van der Waals surface area contributed by atoms with E-state index in [1.165, 1.54) is 16.4 Å². The molecule has 22 heavy (non-hydrogen) atoms. The fraction of sp³-hybridized carbons (Fsp3) is 0.533. The van der Waals surface area contributed by atoms with Crippen LogP contribution in [0.4, 0.5) is 0 Å². The van der Waals surface area contributed by atoms with Crippen LogP contribution in [0.1, 0.15) is 33.6 Å². The van der Waals surface area contributed by atoms with Gasteiger partial charge in [-0.25, -0.2) is 8.42 Å². The van der Waals surface area contributed by atoms with Gasteiger partial charge in [0, 0.05) is 11.0 Å². The molecule has 0 aliphatic carbocycles. The molecule has 1 aliphatic rings. The highest BCUT2D eigenvalue weighted by Gasteiger charge is 2.41. The Morgan fingerprint density at radius 3 is 2.41 bits per heavy atom. The number of rotatable bonds is 3. The number of hydrogen-bond acceptors (Lipinski definition) is 4. The van der Waals surface area contributed by atoms with Crippen molar-refractivity contribution in [1.29, 1.82) is 0 Å². The lowest BCUT2D eigenvalue weighted by Gasteiger charge is -2.27. The average Bonchev–Trinajstić information content (AvgIpc) is 2.87. The molecule has 1 fully saturated rings. The first-order valence-electron chi connectivity index (χ1n) is 7.11. The zero-order valence-corrected chi connectivity index (χ0v) is 15.3. The second-order valence-corrected chi connectivity index (χ2v) is 9.07. The van der Waals surface area contributed by atoms with E-state index < -0.39 is 27.6 Å². The van der Waals surface area contributed by atoms with Crippen LogP contribution in [0.5, 0.6) is 0 Å². The first kappa shape index (κ1) is 17.4. The Balaban J connectivity index is 2.26. The van der Waals surface area contributed by atoms with Gasteiger partial charge in [0.1, 0.15) is 11.6 Å². The third-order valence-corrected chi connectivity index (χ3v) is 5.75. The third-order valence-electron chi connectivity index (χ3n) is 3.30. The van der Waals surface area contributed by atoms with Crippen LogP contribution in [-0.4, -0.2) is 36.9 Å². The van der Waals surface area contributed by atoms with Crippen molar-refractivity contribution in [1.82, 2.24) is 4.31 Å². The van der Waals surface area contributed by atoms with Gasteiger partial charge in [-0.1, -0.05) is 15.9 Å². The lowest BCUT2D eigenvalue weighted by molar-refractivity contribution is -0.158. The Kier molecular flexibility index (Phi) is 4.99. The first-order chi connectivity index (χ1) is 10.1. The minimum atomic E-state index is -3.69. The molecule has 0 saturated carbocycles. The van der Waals surface area contributed by atoms with Crippen LogP contribution in [0.25, 0.3) is 0 Å². The van der Waals surface area contributed by atoms with Gasteiger partial charge in [0.2, 0.25) is 10.0 Å². The van der Waals surface area contributed by atoms with Gasteiger partial charge < -0.3 is 4.74 Å². The van der Waals surface area contributed by atoms with Crippen LogP contribution in [0, 0.1) is 0 Å². The second kappa shape index (κ2) is 6.29. The number of halogens is 1. The topological polar surface area (TPSA) is 63.7 Å². The Morgan fingerprint density at radius 1 is 1.27 bits per heavy atom. The maximum Gasteiger partial charge on any atom is 0.324 e. The van der Waals surface area contributed by atoms with Gasteiger partial charge in [0.15, 0.2) is 0 Å². The summed E-state index contributed by atoms with van der Waals surface area (Å²) in [7, 11) is -3.69. The summed E-state index contributed by atoms with van der Waals surface area (Å²) in [5.74, 6) is -0.481. The van der Waals surface area contributed by atoms with Gasteiger partial charge in [-0.05, 0) is 57.9 Å². The van der Waals surface area contributed by atoms with Crippen molar-refractivity contribution in [3.05, 3.63) is 28.7 Å². The van der Waals surface area contributed by atoms with E-state index >= 15 is 0 Å². The second-order valence-electron chi connectivity index (χ2n) is 6.26. The zero-order chi connectivity index (χ0) is 16.5. The van der Waals surface area contributed by atoms with Crippen molar-refractivity contribution in [3.8, 4) is 0 Å². The summed E-state index contributed by atoms with van der Waals surface area (Å²) in [5.41, 5.74) is -0.632. The van der Waals surface area contributed by atoms with E-state index in [-0.39, 0.29) is 4.90 Å². The molecule has 0 N–H and O–H groups in total. The van der Waals surface area contributed by atoms with Crippen molar-refractivity contribution in [2.45, 2.75) is 50.2 Å². The summed E-state index contributed by atoms with van der Waals surface area (Å²) in [6.45, 7) is 5.65. The third kappa shape index (κ3) is 3.88.